The van der Waals surface area contributed by atoms with E-state index in [2.05, 4.69) is 26.1 Å². The molecule has 4 rings (SSSR count). The molecule has 8 nitrogen and oxygen atoms in total. The summed E-state index contributed by atoms with van der Waals surface area (Å²) < 4.78 is 42.9. The molecule has 0 unspecified atom stereocenters. The number of phenolic OH excluding ortho intramolecular Hbond substituents is 1. The van der Waals surface area contributed by atoms with E-state index < -0.39 is 0 Å². The maximum absolute atomic E-state index is 13.5. The zero-order valence-corrected chi connectivity index (χ0v) is 26.4. The fraction of sp³-hybridized carbons (Fsp3) is 0.382. The first kappa shape index (κ1) is 33.2. The van der Waals surface area contributed by atoms with Gasteiger partial charge in [-0.1, -0.05) is 32.9 Å². The highest BCUT2D eigenvalue weighted by Crippen LogP contribution is 2.47. The first-order chi connectivity index (χ1) is 21.1. The molecule has 44 heavy (non-hydrogen) atoms. The van der Waals surface area contributed by atoms with E-state index in [1.54, 1.807) is 24.3 Å². The number of hydrogen-bond acceptors (Lipinski definition) is 8. The number of phenols is 1. The normalized spacial score (nSPS) is 12.3. The molecule has 0 aliphatic heterocycles. The Kier molecular flexibility index (Phi) is 12.0. The van der Waals surface area contributed by atoms with Gasteiger partial charge in [-0.15, -0.1) is 11.3 Å². The predicted molar refractivity (Wildman–Crippen MR) is 170 cm³/mol. The van der Waals surface area contributed by atoms with Gasteiger partial charge < -0.3 is 34.1 Å². The van der Waals surface area contributed by atoms with Crippen LogP contribution in [-0.2, 0) is 19.0 Å². The molecule has 0 fully saturated rings. The Bertz CT molecular complexity index is 1480. The van der Waals surface area contributed by atoms with Crippen molar-refractivity contribution >= 4 is 27.3 Å². The second-order valence-corrected chi connectivity index (χ2v) is 12.4. The monoisotopic (exact) mass is 625 g/mol. The van der Waals surface area contributed by atoms with Gasteiger partial charge in [0.1, 0.15) is 36.3 Å². The smallest absolute Gasteiger partial charge is 0.246 e. The summed E-state index contributed by atoms with van der Waals surface area (Å²) in [5.74, 6) is 1.66. The number of nitrogens with one attached hydrogen (secondary N) is 1. The number of hydrogen-bond donors (Lipinski definition) is 2. The lowest BCUT2D eigenvalue weighted by Gasteiger charge is -2.28. The van der Waals surface area contributed by atoms with Crippen molar-refractivity contribution in [2.24, 2.45) is 5.41 Å². The summed E-state index contributed by atoms with van der Waals surface area (Å²) in [5, 5.41) is 13.7. The van der Waals surface area contributed by atoms with Crippen molar-refractivity contribution in [2.45, 2.75) is 33.7 Å². The van der Waals surface area contributed by atoms with E-state index in [1.165, 1.54) is 23.5 Å². The van der Waals surface area contributed by atoms with Gasteiger partial charge in [-0.25, -0.2) is 4.39 Å². The molecule has 0 saturated carbocycles. The third-order valence-corrected chi connectivity index (χ3v) is 8.11. The number of carbonyl (C=O) groups is 1. The Morgan fingerprint density at radius 1 is 0.864 bits per heavy atom. The number of thiophene rings is 1. The number of carbonyl (C=O) groups excluding carboxylic acids is 1. The molecule has 1 amide bonds. The fourth-order valence-corrected chi connectivity index (χ4v) is 5.17. The van der Waals surface area contributed by atoms with Gasteiger partial charge in [0.25, 0.3) is 0 Å². The van der Waals surface area contributed by atoms with E-state index in [1.807, 2.05) is 37.3 Å². The van der Waals surface area contributed by atoms with Crippen molar-refractivity contribution in [3.63, 3.8) is 0 Å². The number of benzene rings is 3. The molecular formula is C34H40FNO7S. The minimum absolute atomic E-state index is 0.00400. The van der Waals surface area contributed by atoms with Crippen LogP contribution in [0.15, 0.2) is 66.7 Å². The number of ether oxygens (including phenoxy) is 5. The lowest BCUT2D eigenvalue weighted by atomic mass is 9.88. The van der Waals surface area contributed by atoms with Crippen LogP contribution in [0, 0.1) is 11.2 Å². The van der Waals surface area contributed by atoms with E-state index in [0.29, 0.717) is 56.9 Å². The highest BCUT2D eigenvalue weighted by Gasteiger charge is 2.21. The van der Waals surface area contributed by atoms with E-state index in [-0.39, 0.29) is 35.5 Å². The molecule has 0 saturated heterocycles. The minimum Gasteiger partial charge on any atom is -0.508 e. The molecule has 3 aromatic carbocycles. The molecule has 4 aromatic rings. The summed E-state index contributed by atoms with van der Waals surface area (Å²) in [5.41, 5.74) is 0.822. The number of rotatable bonds is 16. The van der Waals surface area contributed by atoms with Gasteiger partial charge in [0, 0.05) is 16.1 Å². The lowest BCUT2D eigenvalue weighted by molar-refractivity contribution is -0.127. The largest absolute Gasteiger partial charge is 0.508 e. The van der Waals surface area contributed by atoms with E-state index in [9.17, 15) is 14.3 Å². The Morgan fingerprint density at radius 3 is 2.14 bits per heavy atom. The molecule has 2 N–H and O–H groups in total. The molecule has 10 heteroatoms. The van der Waals surface area contributed by atoms with Gasteiger partial charge in [0.05, 0.1) is 37.9 Å². The first-order valence-electron chi connectivity index (χ1n) is 14.5. The third kappa shape index (κ3) is 9.92. The SMILES string of the molecule is C[C@H](NC(=O)COCCOCCOCCOc1ccc(Oc2c(-c3ccc(F)cc3)sc3cc(O)ccc23)cc1)C(C)(C)C. The van der Waals surface area contributed by atoms with E-state index >= 15 is 0 Å². The summed E-state index contributed by atoms with van der Waals surface area (Å²) in [6.07, 6.45) is 0. The van der Waals surface area contributed by atoms with E-state index in [0.717, 1.165) is 20.5 Å². The lowest BCUT2D eigenvalue weighted by Crippen LogP contribution is -2.43. The van der Waals surface area contributed by atoms with Crippen LogP contribution in [0.25, 0.3) is 20.5 Å². The van der Waals surface area contributed by atoms with Crippen LogP contribution < -0.4 is 14.8 Å². The molecule has 0 bridgehead atoms. The quantitative estimate of drug-likeness (QED) is 0.127. The summed E-state index contributed by atoms with van der Waals surface area (Å²) in [6.45, 7) is 10.5. The van der Waals surface area contributed by atoms with E-state index in [4.69, 9.17) is 23.7 Å². The Labute approximate surface area is 261 Å². The standard InChI is InChI=1S/C34H40FNO7S/c1-23(34(2,3)4)36-31(38)22-41-18-17-39-15-16-40-19-20-42-27-10-12-28(13-11-27)43-32-29-14-9-26(37)21-30(29)44-33(32)24-5-7-25(35)8-6-24/h5-14,21,23,37H,15-20,22H2,1-4H3,(H,36,38)/t23-/m0/s1. The molecule has 0 radical (unpaired) electrons. The van der Waals surface area contributed by atoms with Crippen molar-refractivity contribution in [1.29, 1.82) is 0 Å². The van der Waals surface area contributed by atoms with Gasteiger partial charge >= 0.3 is 0 Å². The molecule has 1 heterocycles. The van der Waals surface area contributed by atoms with Crippen molar-refractivity contribution in [1.82, 2.24) is 5.32 Å². The van der Waals surface area contributed by atoms with Crippen LogP contribution in [0.2, 0.25) is 0 Å². The van der Waals surface area contributed by atoms with Crippen LogP contribution in [0.5, 0.6) is 23.0 Å². The minimum atomic E-state index is -0.310. The van der Waals surface area contributed by atoms with Gasteiger partial charge in [0.2, 0.25) is 5.91 Å². The van der Waals surface area contributed by atoms with Gasteiger partial charge in [-0.05, 0) is 72.5 Å². The maximum Gasteiger partial charge on any atom is 0.246 e. The zero-order valence-electron chi connectivity index (χ0n) is 25.6. The highest BCUT2D eigenvalue weighted by atomic mass is 32.1. The molecular weight excluding hydrogens is 585 g/mol. The van der Waals surface area contributed by atoms with Crippen molar-refractivity contribution in [2.75, 3.05) is 46.2 Å². The van der Waals surface area contributed by atoms with Crippen LogP contribution in [0.1, 0.15) is 27.7 Å². The fourth-order valence-electron chi connectivity index (χ4n) is 4.00. The second kappa shape index (κ2) is 15.9. The molecule has 0 spiro atoms. The third-order valence-electron chi connectivity index (χ3n) is 6.93. The number of amides is 1. The second-order valence-electron chi connectivity index (χ2n) is 11.3. The average molecular weight is 626 g/mol. The van der Waals surface area contributed by atoms with Gasteiger partial charge in [-0.3, -0.25) is 4.79 Å². The number of fused-ring (bicyclic) bond motifs is 1. The summed E-state index contributed by atoms with van der Waals surface area (Å²) in [7, 11) is 0. The molecule has 1 aromatic heterocycles. The summed E-state index contributed by atoms with van der Waals surface area (Å²) in [4.78, 5) is 12.8. The van der Waals surface area contributed by atoms with Crippen LogP contribution in [0.4, 0.5) is 4.39 Å². The average Bonchev–Trinajstić information content (AvgIpc) is 3.33. The summed E-state index contributed by atoms with van der Waals surface area (Å²) >= 11 is 1.47. The highest BCUT2D eigenvalue weighted by molar-refractivity contribution is 7.22. The number of halogens is 1. The van der Waals surface area contributed by atoms with Crippen molar-refractivity contribution < 1.29 is 38.0 Å². The summed E-state index contributed by atoms with van der Waals surface area (Å²) in [6, 6.07) is 18.7. The number of aromatic hydroxyl groups is 1. The topological polar surface area (TPSA) is 95.5 Å². The predicted octanol–water partition coefficient (Wildman–Crippen LogP) is 7.18. The Balaban J connectivity index is 1.14. The van der Waals surface area contributed by atoms with Gasteiger partial charge in [0.15, 0.2) is 5.75 Å². The van der Waals surface area contributed by atoms with Crippen LogP contribution in [0.3, 0.4) is 0 Å². The Morgan fingerprint density at radius 2 is 1.48 bits per heavy atom. The van der Waals surface area contributed by atoms with Gasteiger partial charge in [-0.2, -0.15) is 0 Å². The van der Waals surface area contributed by atoms with Crippen molar-refractivity contribution in [3.8, 4) is 33.4 Å². The van der Waals surface area contributed by atoms with Crippen LogP contribution >= 0.6 is 11.3 Å². The zero-order chi connectivity index (χ0) is 31.5. The Hall–Kier alpha value is -3.70. The molecule has 1 atom stereocenters. The van der Waals surface area contributed by atoms with Crippen molar-refractivity contribution in [3.05, 3.63) is 72.5 Å². The molecule has 0 aliphatic rings. The van der Waals surface area contributed by atoms with Crippen LogP contribution in [-0.4, -0.2) is 63.3 Å². The molecule has 236 valence electrons. The maximum atomic E-state index is 13.5. The first-order valence-corrected chi connectivity index (χ1v) is 15.4. The molecule has 0 aliphatic carbocycles.